The smallest absolute Gasteiger partial charge is 0.291 e. The molecule has 28 heavy (non-hydrogen) atoms. The second kappa shape index (κ2) is 7.97. The van der Waals surface area contributed by atoms with Crippen LogP contribution in [0.2, 0.25) is 0 Å². The van der Waals surface area contributed by atoms with Crippen LogP contribution in [0.25, 0.3) is 11.2 Å². The van der Waals surface area contributed by atoms with E-state index in [1.165, 1.54) is 4.52 Å². The third kappa shape index (κ3) is 3.66. The zero-order valence-corrected chi connectivity index (χ0v) is 16.9. The summed E-state index contributed by atoms with van der Waals surface area (Å²) in [4.78, 5) is 25.5. The molecule has 9 heteroatoms. The molecular weight excluding hydrogens is 382 g/mol. The van der Waals surface area contributed by atoms with Gasteiger partial charge in [-0.1, -0.05) is 19.9 Å². The molecule has 0 radical (unpaired) electrons. The third-order valence-corrected chi connectivity index (χ3v) is 4.98. The fourth-order valence-corrected chi connectivity index (χ4v) is 3.50. The molecule has 4 rings (SSSR count). The summed E-state index contributed by atoms with van der Waals surface area (Å²) in [7, 11) is 0. The van der Waals surface area contributed by atoms with Crippen molar-refractivity contribution in [2.24, 2.45) is 5.92 Å². The van der Waals surface area contributed by atoms with Crippen LogP contribution in [0.3, 0.4) is 0 Å². The molecule has 8 nitrogen and oxygen atoms in total. The molecule has 0 aromatic carbocycles. The standard InChI is InChI=1S/C19H25N5O3.ClH/c1-11(2)10-23-17-14(12-5-7-20-8-6-12)9-21-24(17)19(27)15(18(23)26)16(25)22-13-3-4-13;/h5,9,11,13,20,26H,3-4,6-8,10H2,1-2H3,(H,22,25);1H. The van der Waals surface area contributed by atoms with Gasteiger partial charge in [-0.2, -0.15) is 9.61 Å². The third-order valence-electron chi connectivity index (χ3n) is 4.98. The van der Waals surface area contributed by atoms with E-state index < -0.39 is 11.5 Å². The van der Waals surface area contributed by atoms with Gasteiger partial charge in [0.1, 0.15) is 5.65 Å². The summed E-state index contributed by atoms with van der Waals surface area (Å²) in [6, 6.07) is 0.0959. The number of carbonyl (C=O) groups is 1. The summed E-state index contributed by atoms with van der Waals surface area (Å²) in [5.74, 6) is -0.598. The van der Waals surface area contributed by atoms with E-state index >= 15 is 0 Å². The van der Waals surface area contributed by atoms with Crippen molar-refractivity contribution < 1.29 is 9.90 Å². The Bertz CT molecular complexity index is 988. The van der Waals surface area contributed by atoms with Gasteiger partial charge in [0.05, 0.1) is 6.20 Å². The molecule has 3 heterocycles. The molecule has 0 atom stereocenters. The van der Waals surface area contributed by atoms with E-state index in [-0.39, 0.29) is 35.8 Å². The number of nitrogens with zero attached hydrogens (tertiary/aromatic N) is 3. The molecule has 0 saturated heterocycles. The Labute approximate surface area is 169 Å². The Morgan fingerprint density at radius 1 is 1.43 bits per heavy atom. The lowest BCUT2D eigenvalue weighted by molar-refractivity contribution is 0.0944. The summed E-state index contributed by atoms with van der Waals surface area (Å²) in [6.07, 6.45) is 6.37. The molecule has 2 aromatic rings. The molecule has 152 valence electrons. The maximum atomic E-state index is 13.0. The number of aromatic nitrogens is 3. The maximum Gasteiger partial charge on any atom is 0.291 e. The summed E-state index contributed by atoms with van der Waals surface area (Å²) in [5, 5.41) is 21.2. The topological polar surface area (TPSA) is 101 Å². The van der Waals surface area contributed by atoms with Crippen molar-refractivity contribution >= 4 is 29.5 Å². The van der Waals surface area contributed by atoms with Crippen molar-refractivity contribution in [3.63, 3.8) is 0 Å². The van der Waals surface area contributed by atoms with Crippen molar-refractivity contribution in [2.45, 2.75) is 45.7 Å². The molecule has 0 spiro atoms. The minimum Gasteiger partial charge on any atom is -0.494 e. The Morgan fingerprint density at radius 3 is 2.79 bits per heavy atom. The molecular formula is C19H26ClN5O3. The first-order chi connectivity index (χ1) is 13.0. The summed E-state index contributed by atoms with van der Waals surface area (Å²) in [5.41, 5.74) is 1.65. The Hall–Kier alpha value is -2.32. The van der Waals surface area contributed by atoms with Crippen LogP contribution in [0.5, 0.6) is 5.88 Å². The van der Waals surface area contributed by atoms with Crippen molar-refractivity contribution in [1.82, 2.24) is 24.8 Å². The number of fused-ring (bicyclic) bond motifs is 1. The van der Waals surface area contributed by atoms with Gasteiger partial charge >= 0.3 is 0 Å². The maximum absolute atomic E-state index is 13.0. The van der Waals surface area contributed by atoms with Gasteiger partial charge < -0.3 is 15.7 Å². The van der Waals surface area contributed by atoms with Crippen LogP contribution in [-0.4, -0.2) is 44.3 Å². The normalized spacial score (nSPS) is 16.8. The molecule has 2 aromatic heterocycles. The summed E-state index contributed by atoms with van der Waals surface area (Å²) >= 11 is 0. The van der Waals surface area contributed by atoms with Crippen LogP contribution in [-0.2, 0) is 6.54 Å². The molecule has 1 amide bonds. The monoisotopic (exact) mass is 407 g/mol. The van der Waals surface area contributed by atoms with E-state index in [4.69, 9.17) is 0 Å². The Kier molecular flexibility index (Phi) is 5.81. The van der Waals surface area contributed by atoms with Gasteiger partial charge in [0.2, 0.25) is 5.88 Å². The van der Waals surface area contributed by atoms with Crippen molar-refractivity contribution in [2.75, 3.05) is 13.1 Å². The minimum absolute atomic E-state index is 0. The quantitative estimate of drug-likeness (QED) is 0.698. The van der Waals surface area contributed by atoms with Crippen molar-refractivity contribution in [3.8, 4) is 5.88 Å². The highest BCUT2D eigenvalue weighted by atomic mass is 35.5. The van der Waals surface area contributed by atoms with Gasteiger partial charge in [-0.25, -0.2) is 0 Å². The average molecular weight is 408 g/mol. The number of hydrogen-bond donors (Lipinski definition) is 3. The molecule has 1 aliphatic heterocycles. The number of amides is 1. The van der Waals surface area contributed by atoms with Gasteiger partial charge in [0.15, 0.2) is 5.56 Å². The number of rotatable bonds is 5. The lowest BCUT2D eigenvalue weighted by Gasteiger charge is -2.19. The van der Waals surface area contributed by atoms with E-state index in [2.05, 4.69) is 21.8 Å². The van der Waals surface area contributed by atoms with Crippen LogP contribution in [0, 0.1) is 5.92 Å². The van der Waals surface area contributed by atoms with Gasteiger partial charge in [-0.05, 0) is 37.3 Å². The molecule has 1 saturated carbocycles. The van der Waals surface area contributed by atoms with Crippen LogP contribution in [0.15, 0.2) is 17.1 Å². The average Bonchev–Trinajstić information content (AvgIpc) is 3.33. The summed E-state index contributed by atoms with van der Waals surface area (Å²) < 4.78 is 2.90. The van der Waals surface area contributed by atoms with Gasteiger partial charge in [0.25, 0.3) is 11.5 Å². The highest BCUT2D eigenvalue weighted by molar-refractivity contribution is 5.97. The second-order valence-corrected chi connectivity index (χ2v) is 7.73. The Balaban J connectivity index is 0.00000225. The SMILES string of the molecule is CC(C)Cn1c(O)c(C(=O)NC2CC2)c(=O)n2ncc(C3=CCNCC3)c12.Cl. The lowest BCUT2D eigenvalue weighted by atomic mass is 10.0. The number of nitrogens with one attached hydrogen (secondary N) is 2. The lowest BCUT2D eigenvalue weighted by Crippen LogP contribution is -2.34. The van der Waals surface area contributed by atoms with Crippen molar-refractivity contribution in [1.29, 1.82) is 0 Å². The number of hydrogen-bond acceptors (Lipinski definition) is 5. The fourth-order valence-electron chi connectivity index (χ4n) is 3.50. The van der Waals surface area contributed by atoms with Crippen LogP contribution in [0.4, 0.5) is 0 Å². The van der Waals surface area contributed by atoms with Crippen LogP contribution in [0.1, 0.15) is 49.0 Å². The first-order valence-electron chi connectivity index (χ1n) is 9.52. The highest BCUT2D eigenvalue weighted by Crippen LogP contribution is 2.28. The molecule has 0 unspecified atom stereocenters. The van der Waals surface area contributed by atoms with E-state index in [0.29, 0.717) is 12.2 Å². The first kappa shape index (κ1) is 20.4. The first-order valence-corrected chi connectivity index (χ1v) is 9.52. The molecule has 3 N–H and O–H groups in total. The molecule has 0 bridgehead atoms. The number of aromatic hydroxyl groups is 1. The van der Waals surface area contributed by atoms with E-state index in [0.717, 1.165) is 43.5 Å². The second-order valence-electron chi connectivity index (χ2n) is 7.73. The largest absolute Gasteiger partial charge is 0.494 e. The molecule has 2 aliphatic rings. The fraction of sp³-hybridized carbons (Fsp3) is 0.526. The van der Waals surface area contributed by atoms with Crippen molar-refractivity contribution in [3.05, 3.63) is 33.8 Å². The van der Waals surface area contributed by atoms with Crippen LogP contribution < -0.4 is 16.2 Å². The van der Waals surface area contributed by atoms with Gasteiger partial charge in [-0.3, -0.25) is 14.2 Å². The highest BCUT2D eigenvalue weighted by Gasteiger charge is 2.30. The molecule has 1 fully saturated rings. The molecule has 1 aliphatic carbocycles. The van der Waals surface area contributed by atoms with Gasteiger partial charge in [0, 0.05) is 24.7 Å². The zero-order valence-electron chi connectivity index (χ0n) is 16.1. The number of carbonyl (C=O) groups excluding carboxylic acids is 1. The number of halogens is 1. The predicted octanol–water partition coefficient (Wildman–Crippen LogP) is 1.55. The van der Waals surface area contributed by atoms with Crippen LogP contribution >= 0.6 is 12.4 Å². The van der Waals surface area contributed by atoms with E-state index in [1.54, 1.807) is 10.8 Å². The van der Waals surface area contributed by atoms with Gasteiger partial charge in [-0.15, -0.1) is 12.4 Å². The zero-order chi connectivity index (χ0) is 19.1. The predicted molar refractivity (Wildman–Crippen MR) is 109 cm³/mol. The van der Waals surface area contributed by atoms with E-state index in [9.17, 15) is 14.7 Å². The Morgan fingerprint density at radius 2 is 2.18 bits per heavy atom. The summed E-state index contributed by atoms with van der Waals surface area (Å²) in [6.45, 7) is 6.14. The van der Waals surface area contributed by atoms with E-state index in [1.807, 2.05) is 13.8 Å². The minimum atomic E-state index is -0.582.